The van der Waals surface area contributed by atoms with Gasteiger partial charge < -0.3 is 15.2 Å². The van der Waals surface area contributed by atoms with Crippen LogP contribution in [0.1, 0.15) is 13.8 Å². The third kappa shape index (κ3) is 2.86. The van der Waals surface area contributed by atoms with Gasteiger partial charge in [0.05, 0.1) is 7.11 Å². The van der Waals surface area contributed by atoms with Gasteiger partial charge >= 0.3 is 5.97 Å². The molecule has 0 aliphatic carbocycles. The van der Waals surface area contributed by atoms with Crippen molar-refractivity contribution in [2.24, 2.45) is 5.92 Å². The van der Waals surface area contributed by atoms with Crippen molar-refractivity contribution in [3.8, 4) is 5.75 Å². The first-order valence-electron chi connectivity index (χ1n) is 6.42. The van der Waals surface area contributed by atoms with E-state index < -0.39 is 17.8 Å². The molecular weight excluding hydrogens is 277 g/mol. The maximum absolute atomic E-state index is 14.1. The summed E-state index contributed by atoms with van der Waals surface area (Å²) in [5.74, 6) is -1.40. The Morgan fingerprint density at radius 3 is 2.67 bits per heavy atom. The van der Waals surface area contributed by atoms with Gasteiger partial charge in [-0.2, -0.15) is 0 Å². The molecule has 0 aliphatic rings. The number of methoxy groups -OCH3 is 1. The number of aromatic nitrogens is 2. The zero-order valence-corrected chi connectivity index (χ0v) is 11.9. The highest BCUT2D eigenvalue weighted by atomic mass is 19.1. The summed E-state index contributed by atoms with van der Waals surface area (Å²) in [6.45, 7) is 3.55. The number of carbonyl (C=O) groups is 1. The van der Waals surface area contributed by atoms with Gasteiger partial charge in [0.15, 0.2) is 11.6 Å². The fourth-order valence-corrected chi connectivity index (χ4v) is 2.01. The van der Waals surface area contributed by atoms with Crippen molar-refractivity contribution in [2.45, 2.75) is 19.9 Å². The van der Waals surface area contributed by atoms with Gasteiger partial charge in [0.1, 0.15) is 23.7 Å². The highest BCUT2D eigenvalue weighted by Crippen LogP contribution is 2.28. The Labute approximate surface area is 121 Å². The van der Waals surface area contributed by atoms with E-state index in [2.05, 4.69) is 15.3 Å². The van der Waals surface area contributed by atoms with E-state index in [1.54, 1.807) is 19.9 Å². The molecule has 0 spiro atoms. The normalized spacial score (nSPS) is 12.4. The molecule has 1 heterocycles. The summed E-state index contributed by atoms with van der Waals surface area (Å²) in [7, 11) is 1.36. The van der Waals surface area contributed by atoms with Gasteiger partial charge in [-0.3, -0.25) is 0 Å². The number of halogens is 1. The minimum atomic E-state index is -0.995. The van der Waals surface area contributed by atoms with Gasteiger partial charge in [0.2, 0.25) is 0 Å². The Hall–Kier alpha value is -2.44. The highest BCUT2D eigenvalue weighted by molar-refractivity contribution is 5.92. The molecule has 21 heavy (non-hydrogen) atoms. The van der Waals surface area contributed by atoms with Crippen LogP contribution in [0.2, 0.25) is 0 Å². The summed E-state index contributed by atoms with van der Waals surface area (Å²) in [5, 5.41) is 12.4. The van der Waals surface area contributed by atoms with E-state index in [0.29, 0.717) is 5.39 Å². The molecule has 0 saturated heterocycles. The lowest BCUT2D eigenvalue weighted by molar-refractivity contribution is -0.138. The van der Waals surface area contributed by atoms with Crippen LogP contribution in [0.15, 0.2) is 18.5 Å². The minimum Gasteiger partial charge on any atom is -0.494 e. The second kappa shape index (κ2) is 5.90. The maximum Gasteiger partial charge on any atom is 0.326 e. The first kappa shape index (κ1) is 15.0. The van der Waals surface area contributed by atoms with Crippen molar-refractivity contribution in [2.75, 3.05) is 12.4 Å². The predicted molar refractivity (Wildman–Crippen MR) is 75.9 cm³/mol. The molecule has 2 N–H and O–H groups in total. The molecule has 2 rings (SSSR count). The van der Waals surface area contributed by atoms with E-state index in [-0.39, 0.29) is 23.0 Å². The quantitative estimate of drug-likeness (QED) is 0.880. The lowest BCUT2D eigenvalue weighted by Crippen LogP contribution is -2.34. The number of carboxylic acids is 1. The smallest absolute Gasteiger partial charge is 0.326 e. The number of hydrogen-bond acceptors (Lipinski definition) is 5. The van der Waals surface area contributed by atoms with Crippen molar-refractivity contribution in [3.05, 3.63) is 24.3 Å². The summed E-state index contributed by atoms with van der Waals surface area (Å²) in [5.41, 5.74) is 0.0831. The molecule has 6 nitrogen and oxygen atoms in total. The zero-order valence-electron chi connectivity index (χ0n) is 11.9. The van der Waals surface area contributed by atoms with E-state index in [0.717, 1.165) is 0 Å². The second-order valence-corrected chi connectivity index (χ2v) is 4.90. The zero-order chi connectivity index (χ0) is 15.6. The Morgan fingerprint density at radius 1 is 1.38 bits per heavy atom. The number of nitrogens with one attached hydrogen (secondary N) is 1. The standard InChI is InChI=1S/C14H16FN3O3/c1-7(2)11(14(19)20)18-13-8-4-5-9(21-3)10(15)12(8)16-6-17-13/h4-7,11H,1-3H3,(H,19,20)(H,16,17,18)/t11-/m1/s1. The topological polar surface area (TPSA) is 84.3 Å². The minimum absolute atomic E-state index is 0.0748. The van der Waals surface area contributed by atoms with Crippen LogP contribution in [-0.4, -0.2) is 34.2 Å². The molecule has 0 bridgehead atoms. The van der Waals surface area contributed by atoms with E-state index in [1.807, 2.05) is 0 Å². The molecule has 1 aromatic heterocycles. The van der Waals surface area contributed by atoms with Crippen LogP contribution < -0.4 is 10.1 Å². The number of carboxylic acid groups (broad SMARTS) is 1. The molecule has 7 heteroatoms. The SMILES string of the molecule is COc1ccc2c(N[C@@H](C(=O)O)C(C)C)ncnc2c1F. The van der Waals surface area contributed by atoms with Crippen LogP contribution in [0.3, 0.4) is 0 Å². The largest absolute Gasteiger partial charge is 0.494 e. The predicted octanol–water partition coefficient (Wildman–Crippen LogP) is 2.30. The van der Waals surface area contributed by atoms with Crippen molar-refractivity contribution in [1.29, 1.82) is 0 Å². The fourth-order valence-electron chi connectivity index (χ4n) is 2.01. The number of nitrogens with zero attached hydrogens (tertiary/aromatic N) is 2. The lowest BCUT2D eigenvalue weighted by Gasteiger charge is -2.19. The first-order valence-corrected chi connectivity index (χ1v) is 6.42. The van der Waals surface area contributed by atoms with Crippen LogP contribution in [0.25, 0.3) is 10.9 Å². The summed E-state index contributed by atoms with van der Waals surface area (Å²) in [4.78, 5) is 19.2. The Balaban J connectivity index is 2.50. The van der Waals surface area contributed by atoms with E-state index in [4.69, 9.17) is 4.74 Å². The Bertz CT molecular complexity index is 676. The van der Waals surface area contributed by atoms with Gasteiger partial charge in [0.25, 0.3) is 0 Å². The van der Waals surface area contributed by atoms with Crippen LogP contribution in [0, 0.1) is 11.7 Å². The molecular formula is C14H16FN3O3. The summed E-state index contributed by atoms with van der Waals surface area (Å²) in [6.07, 6.45) is 1.19. The number of ether oxygens (including phenoxy) is 1. The van der Waals surface area contributed by atoms with E-state index in [1.165, 1.54) is 19.5 Å². The average Bonchev–Trinajstić information content (AvgIpc) is 2.44. The summed E-state index contributed by atoms with van der Waals surface area (Å²) >= 11 is 0. The highest BCUT2D eigenvalue weighted by Gasteiger charge is 2.23. The van der Waals surface area contributed by atoms with Gasteiger partial charge in [-0.1, -0.05) is 13.8 Å². The van der Waals surface area contributed by atoms with Crippen molar-refractivity contribution >= 4 is 22.7 Å². The van der Waals surface area contributed by atoms with Crippen molar-refractivity contribution < 1.29 is 19.0 Å². The molecule has 0 fully saturated rings. The Kier molecular flexibility index (Phi) is 4.21. The van der Waals surface area contributed by atoms with Crippen molar-refractivity contribution in [1.82, 2.24) is 9.97 Å². The second-order valence-electron chi connectivity index (χ2n) is 4.90. The van der Waals surface area contributed by atoms with Crippen LogP contribution in [0.5, 0.6) is 5.75 Å². The Morgan fingerprint density at radius 2 is 2.10 bits per heavy atom. The van der Waals surface area contributed by atoms with Crippen LogP contribution in [-0.2, 0) is 4.79 Å². The first-order chi connectivity index (χ1) is 9.95. The molecule has 1 aromatic carbocycles. The molecule has 0 amide bonds. The number of rotatable bonds is 5. The number of fused-ring (bicyclic) bond motifs is 1. The van der Waals surface area contributed by atoms with E-state index in [9.17, 15) is 14.3 Å². The summed E-state index contributed by atoms with van der Waals surface area (Å²) in [6, 6.07) is 2.23. The van der Waals surface area contributed by atoms with Gasteiger partial charge in [-0.25, -0.2) is 19.2 Å². The molecule has 2 aromatic rings. The molecule has 0 saturated carbocycles. The van der Waals surface area contributed by atoms with Gasteiger partial charge in [-0.15, -0.1) is 0 Å². The number of anilines is 1. The van der Waals surface area contributed by atoms with Crippen molar-refractivity contribution in [3.63, 3.8) is 0 Å². The fraction of sp³-hybridized carbons (Fsp3) is 0.357. The molecule has 0 aliphatic heterocycles. The van der Waals surface area contributed by atoms with Crippen LogP contribution >= 0.6 is 0 Å². The van der Waals surface area contributed by atoms with Crippen LogP contribution in [0.4, 0.5) is 10.2 Å². The lowest BCUT2D eigenvalue weighted by atomic mass is 10.0. The number of aliphatic carboxylic acids is 1. The molecule has 1 atom stereocenters. The monoisotopic (exact) mass is 293 g/mol. The number of hydrogen-bond donors (Lipinski definition) is 2. The van der Waals surface area contributed by atoms with Gasteiger partial charge in [0, 0.05) is 5.39 Å². The molecule has 112 valence electrons. The van der Waals surface area contributed by atoms with E-state index >= 15 is 0 Å². The third-order valence-electron chi connectivity index (χ3n) is 3.15. The number of benzene rings is 1. The molecule has 0 radical (unpaired) electrons. The maximum atomic E-state index is 14.1. The summed E-state index contributed by atoms with van der Waals surface area (Å²) < 4.78 is 19.0. The van der Waals surface area contributed by atoms with Gasteiger partial charge in [-0.05, 0) is 18.1 Å². The third-order valence-corrected chi connectivity index (χ3v) is 3.15. The molecule has 0 unspecified atom stereocenters. The average molecular weight is 293 g/mol.